The quantitative estimate of drug-likeness (QED) is 0.0525. The number of phenols is 1. The van der Waals surface area contributed by atoms with Crippen molar-refractivity contribution < 1.29 is 38.5 Å². The highest BCUT2D eigenvalue weighted by Gasteiger charge is 2.45. The summed E-state index contributed by atoms with van der Waals surface area (Å²) in [5.41, 5.74) is 5.58. The lowest BCUT2D eigenvalue weighted by Crippen LogP contribution is -2.58. The van der Waals surface area contributed by atoms with Crippen molar-refractivity contribution in [2.24, 2.45) is 5.41 Å². The summed E-state index contributed by atoms with van der Waals surface area (Å²) in [6.45, 7) is 14.1. The molecule has 18 nitrogen and oxygen atoms in total. The van der Waals surface area contributed by atoms with Gasteiger partial charge in [-0.05, 0) is 97.5 Å². The fraction of sp³-hybridized carbons (Fsp3) is 0.492. The first-order valence-corrected chi connectivity index (χ1v) is 28.6. The Morgan fingerprint density at radius 1 is 0.962 bits per heavy atom. The van der Waals surface area contributed by atoms with Crippen LogP contribution in [0.2, 0.25) is 0 Å². The number of nitrogens with one attached hydrogen (secondary N) is 4. The van der Waals surface area contributed by atoms with Crippen LogP contribution in [0, 0.1) is 18.2 Å². The molecule has 4 fully saturated rings. The number of carbonyl (C=O) groups excluding carboxylic acids is 4. The summed E-state index contributed by atoms with van der Waals surface area (Å²) in [4.78, 5) is 80.2. The topological polar surface area (TPSA) is 227 Å². The van der Waals surface area contributed by atoms with Gasteiger partial charge in [0.1, 0.15) is 41.5 Å². The summed E-state index contributed by atoms with van der Waals surface area (Å²) in [6, 6.07) is 15.2. The molecule has 7 atom stereocenters. The van der Waals surface area contributed by atoms with E-state index < -0.39 is 47.1 Å². The number of benzene rings is 3. The number of ether oxygens (including phenoxy) is 1. The van der Waals surface area contributed by atoms with Gasteiger partial charge >= 0.3 is 6.01 Å². The molecule has 6 aromatic rings. The van der Waals surface area contributed by atoms with Gasteiger partial charge in [-0.1, -0.05) is 70.2 Å². The molecule has 3 aromatic carbocycles. The molecule has 0 saturated carbocycles. The number of likely N-dealkylation sites (tertiary alicyclic amines) is 2. The predicted octanol–water partition coefficient (Wildman–Crippen LogP) is 6.73. The Morgan fingerprint density at radius 2 is 1.73 bits per heavy atom. The van der Waals surface area contributed by atoms with E-state index >= 15 is 4.39 Å². The summed E-state index contributed by atoms with van der Waals surface area (Å²) in [5.74, 6) is -1.59. The van der Waals surface area contributed by atoms with Crippen LogP contribution in [-0.2, 0) is 25.6 Å². The van der Waals surface area contributed by atoms with E-state index in [0.717, 1.165) is 70.3 Å². The number of anilines is 1. The highest BCUT2D eigenvalue weighted by Crippen LogP contribution is 2.40. The first kappa shape index (κ1) is 55.4. The highest BCUT2D eigenvalue weighted by molar-refractivity contribution is 7.13. The summed E-state index contributed by atoms with van der Waals surface area (Å²) in [7, 11) is 0. The van der Waals surface area contributed by atoms with E-state index in [4.69, 9.17) is 19.7 Å². The molecule has 2 bridgehead atoms. The number of β-amino-alcohol motifs (C(OH)–C–C–N with tert-alkyl or cyclic N) is 1. The van der Waals surface area contributed by atoms with Gasteiger partial charge in [-0.3, -0.25) is 29.1 Å². The summed E-state index contributed by atoms with van der Waals surface area (Å²) >= 11 is 1.57. The van der Waals surface area contributed by atoms with Crippen molar-refractivity contribution in [1.29, 1.82) is 0 Å². The first-order chi connectivity index (χ1) is 37.9. The number of aromatic nitrogens is 4. The molecular weight excluding hydrogens is 1030 g/mol. The fourth-order valence-electron chi connectivity index (χ4n) is 11.9. The first-order valence-electron chi connectivity index (χ1n) is 27.8. The van der Waals surface area contributed by atoms with Gasteiger partial charge in [-0.25, -0.2) is 9.37 Å². The van der Waals surface area contributed by atoms with Crippen molar-refractivity contribution in [2.45, 2.75) is 135 Å². The number of aliphatic hydroxyl groups excluding tert-OH is 1. The summed E-state index contributed by atoms with van der Waals surface area (Å²) in [6.07, 6.45) is 5.37. The van der Waals surface area contributed by atoms with Gasteiger partial charge in [0.2, 0.25) is 23.6 Å². The van der Waals surface area contributed by atoms with E-state index in [1.54, 1.807) is 29.7 Å². The van der Waals surface area contributed by atoms with Crippen molar-refractivity contribution in [3.05, 3.63) is 88.9 Å². The van der Waals surface area contributed by atoms with Gasteiger partial charge in [0.25, 0.3) is 0 Å². The second-order valence-corrected chi connectivity index (χ2v) is 23.6. The maximum Gasteiger partial charge on any atom is 0.319 e. The molecule has 0 spiro atoms. The Morgan fingerprint density at radius 3 is 2.46 bits per heavy atom. The molecule has 6 N–H and O–H groups in total. The number of thiazole rings is 1. The minimum Gasteiger partial charge on any atom is -0.508 e. The zero-order valence-electron chi connectivity index (χ0n) is 45.9. The van der Waals surface area contributed by atoms with Gasteiger partial charge in [0, 0.05) is 81.9 Å². The van der Waals surface area contributed by atoms with Crippen LogP contribution < -0.4 is 30.9 Å². The van der Waals surface area contributed by atoms with Gasteiger partial charge in [-0.15, -0.1) is 11.3 Å². The molecule has 7 heterocycles. The Labute approximate surface area is 463 Å². The Kier molecular flexibility index (Phi) is 16.5. The Balaban J connectivity index is 0.740. The van der Waals surface area contributed by atoms with Crippen molar-refractivity contribution in [3.8, 4) is 33.5 Å². The second-order valence-electron chi connectivity index (χ2n) is 22.8. The number of nitrogens with zero attached hydrogens (tertiary/aromatic N) is 7. The molecule has 4 aliphatic heterocycles. The number of pyridine rings is 1. The standard InChI is InChI=1S/C59H72FN11O7S/c1-7-35-10-8-11-38-24-42(72)25-44(49(35)38)51-50(60)52-45(27-62-51)55(70-28-39-17-18-40(29-70)65-39)68-58(67-52)78-31-41-12-9-22-69(41)23-20-47(74)61-21-19-48(75)66-54(59(4,5)6)57(77)71-30-43(73)26-46(71)56(76)64-33(2)36-13-15-37(16-14-36)53-34(3)63-32-79-53/h8,10-11,13-16,24-25,27,32-33,39-41,43,46,54,65,72-73H,7,9,12,17-23,26,28-31H2,1-6H3,(H,61,74)(H,64,76)(H,66,75). The molecule has 0 radical (unpaired) electrons. The fourth-order valence-corrected chi connectivity index (χ4v) is 12.7. The highest BCUT2D eigenvalue weighted by atomic mass is 32.1. The van der Waals surface area contributed by atoms with Crippen molar-refractivity contribution in [1.82, 2.24) is 51.0 Å². The Bertz CT molecular complexity index is 3230. The van der Waals surface area contributed by atoms with E-state index in [2.05, 4.69) is 36.1 Å². The molecule has 0 aliphatic carbocycles. The number of carbonyl (C=O) groups is 4. The largest absolute Gasteiger partial charge is 0.508 e. The number of halogens is 1. The molecule has 7 unspecified atom stereocenters. The number of rotatable bonds is 18. The third kappa shape index (κ3) is 12.2. The third-order valence-electron chi connectivity index (χ3n) is 16.1. The van der Waals surface area contributed by atoms with Crippen LogP contribution in [0.5, 0.6) is 11.8 Å². The molecule has 3 aromatic heterocycles. The number of phenolic OH excluding ortho intramolecular Hbond substituents is 1. The van der Waals surface area contributed by atoms with Gasteiger partial charge in [0.05, 0.1) is 33.6 Å². The SMILES string of the molecule is CCc1cccc2cc(O)cc(-c3ncc4c(N5CC6CCC(C5)N6)nc(OCC5CCCN5CCC(=O)NCCC(=O)NC(C(=O)N5CC(O)CC5C(=O)NC(C)c5ccc(-c6scnc6C)cc5)C(C)(C)C)nc4c3F)c12. The second kappa shape index (κ2) is 23.5. The predicted molar refractivity (Wildman–Crippen MR) is 302 cm³/mol. The molecule has 10 rings (SSSR count). The summed E-state index contributed by atoms with van der Waals surface area (Å²) in [5, 5.41) is 36.0. The summed E-state index contributed by atoms with van der Waals surface area (Å²) < 4.78 is 23.6. The maximum atomic E-state index is 17.2. The number of hydrogen-bond acceptors (Lipinski definition) is 15. The third-order valence-corrected chi connectivity index (χ3v) is 17.1. The minimum atomic E-state index is -1.01. The molecular formula is C59H72FN11O7S. The molecule has 4 saturated heterocycles. The number of aromatic hydroxyl groups is 1. The Hall–Kier alpha value is -6.87. The van der Waals surface area contributed by atoms with Crippen molar-refractivity contribution in [2.75, 3.05) is 50.8 Å². The molecule has 4 aliphatic rings. The lowest BCUT2D eigenvalue weighted by molar-refractivity contribution is -0.144. The zero-order valence-corrected chi connectivity index (χ0v) is 46.7. The van der Waals surface area contributed by atoms with E-state index in [-0.39, 0.29) is 92.0 Å². The van der Waals surface area contributed by atoms with Gasteiger partial charge < -0.3 is 46.0 Å². The molecule has 418 valence electrons. The molecule has 20 heteroatoms. The normalized spacial score (nSPS) is 21.1. The maximum absolute atomic E-state index is 17.2. The van der Waals surface area contributed by atoms with E-state index in [1.807, 2.05) is 89.5 Å². The average Bonchev–Trinajstić information content (AvgIpc) is 4.38. The van der Waals surface area contributed by atoms with Gasteiger partial charge in [-0.2, -0.15) is 9.97 Å². The van der Waals surface area contributed by atoms with Crippen molar-refractivity contribution >= 4 is 62.5 Å². The number of aryl methyl sites for hydroxylation is 2. The average molecular weight is 1100 g/mol. The van der Waals surface area contributed by atoms with Crippen LogP contribution in [0.25, 0.3) is 43.4 Å². The molecule has 4 amide bonds. The van der Waals surface area contributed by atoms with E-state index in [9.17, 15) is 29.4 Å². The lowest BCUT2D eigenvalue weighted by Gasteiger charge is -2.35. The number of aliphatic hydroxyl groups is 1. The number of piperazine rings is 1. The van der Waals surface area contributed by atoms with Crippen LogP contribution in [0.15, 0.2) is 66.3 Å². The number of fused-ring (bicyclic) bond motifs is 4. The van der Waals surface area contributed by atoms with Crippen molar-refractivity contribution in [3.63, 3.8) is 0 Å². The van der Waals surface area contributed by atoms with Crippen LogP contribution in [-0.4, -0.2) is 146 Å². The minimum absolute atomic E-state index is 0.00792. The monoisotopic (exact) mass is 1100 g/mol. The van der Waals surface area contributed by atoms with Crippen LogP contribution in [0.3, 0.4) is 0 Å². The van der Waals surface area contributed by atoms with Crippen LogP contribution >= 0.6 is 11.3 Å². The lowest BCUT2D eigenvalue weighted by atomic mass is 9.85. The van der Waals surface area contributed by atoms with Crippen LogP contribution in [0.4, 0.5) is 10.2 Å². The van der Waals surface area contributed by atoms with E-state index in [0.29, 0.717) is 42.8 Å². The number of hydrogen-bond donors (Lipinski definition) is 6. The van der Waals surface area contributed by atoms with Crippen LogP contribution in [0.1, 0.15) is 102 Å². The van der Waals surface area contributed by atoms with E-state index in [1.165, 1.54) is 4.90 Å². The number of amides is 4. The zero-order chi connectivity index (χ0) is 55.7. The molecule has 79 heavy (non-hydrogen) atoms. The smallest absolute Gasteiger partial charge is 0.319 e. The van der Waals surface area contributed by atoms with Gasteiger partial charge in [0.15, 0.2) is 5.82 Å².